The number of anilines is 1. The third-order valence-corrected chi connectivity index (χ3v) is 5.42. The van der Waals surface area contributed by atoms with Crippen molar-refractivity contribution < 1.29 is 18.3 Å². The Labute approximate surface area is 160 Å². The number of aldehydes is 1. The Morgan fingerprint density at radius 3 is 2.59 bits per heavy atom. The molecular weight excluding hydrogens is 376 g/mol. The zero-order valence-corrected chi connectivity index (χ0v) is 15.3. The zero-order valence-electron chi connectivity index (χ0n) is 14.5. The Morgan fingerprint density at radius 2 is 2.00 bits per heavy atom. The molecule has 0 atom stereocenters. The highest BCUT2D eigenvalue weighted by Crippen LogP contribution is 2.45. The van der Waals surface area contributed by atoms with Crippen LogP contribution in [0.4, 0.5) is 14.6 Å². The molecule has 2 heterocycles. The van der Waals surface area contributed by atoms with Crippen LogP contribution in [0.1, 0.15) is 31.4 Å². The van der Waals surface area contributed by atoms with E-state index in [1.807, 2.05) is 4.90 Å². The van der Waals surface area contributed by atoms with E-state index in [2.05, 4.69) is 9.97 Å². The average molecular weight is 394 g/mol. The topological polar surface area (TPSA) is 55.3 Å². The van der Waals surface area contributed by atoms with Crippen molar-refractivity contribution in [3.8, 4) is 5.75 Å². The first-order valence-corrected chi connectivity index (χ1v) is 9.24. The van der Waals surface area contributed by atoms with E-state index in [1.165, 1.54) is 12.1 Å². The van der Waals surface area contributed by atoms with Crippen molar-refractivity contribution in [2.45, 2.75) is 37.2 Å². The summed E-state index contributed by atoms with van der Waals surface area (Å²) >= 11 is 6.31. The van der Waals surface area contributed by atoms with Gasteiger partial charge in [0.1, 0.15) is 18.2 Å². The molecular formula is C19H18ClF2N3O2. The fraction of sp³-hybridized carbons (Fsp3) is 0.421. The first-order valence-electron chi connectivity index (χ1n) is 8.87. The van der Waals surface area contributed by atoms with Gasteiger partial charge < -0.3 is 14.4 Å². The third kappa shape index (κ3) is 3.60. The van der Waals surface area contributed by atoms with Crippen LogP contribution in [0.3, 0.4) is 0 Å². The van der Waals surface area contributed by atoms with E-state index in [4.69, 9.17) is 16.3 Å². The first kappa shape index (κ1) is 18.1. The molecule has 0 unspecified atom stereocenters. The summed E-state index contributed by atoms with van der Waals surface area (Å²) in [7, 11) is 0. The summed E-state index contributed by atoms with van der Waals surface area (Å²) < 4.78 is 32.4. The van der Waals surface area contributed by atoms with E-state index < -0.39 is 17.0 Å². The van der Waals surface area contributed by atoms with Gasteiger partial charge in [0.2, 0.25) is 0 Å². The monoisotopic (exact) mass is 393 g/mol. The lowest BCUT2D eigenvalue weighted by atomic mass is 10.1. The van der Waals surface area contributed by atoms with Crippen molar-refractivity contribution >= 4 is 23.7 Å². The van der Waals surface area contributed by atoms with Crippen molar-refractivity contribution in [3.05, 3.63) is 46.9 Å². The summed E-state index contributed by atoms with van der Waals surface area (Å²) in [6.07, 6.45) is 5.23. The van der Waals surface area contributed by atoms with Crippen LogP contribution in [0.2, 0.25) is 5.15 Å². The highest BCUT2D eigenvalue weighted by atomic mass is 35.5. The molecule has 1 saturated heterocycles. The Morgan fingerprint density at radius 1 is 1.26 bits per heavy atom. The van der Waals surface area contributed by atoms with Crippen LogP contribution in [0, 0.1) is 11.6 Å². The fourth-order valence-corrected chi connectivity index (χ4v) is 3.58. The number of nitrogens with zero attached hydrogens (tertiary/aromatic N) is 3. The van der Waals surface area contributed by atoms with Crippen molar-refractivity contribution in [3.63, 3.8) is 0 Å². The van der Waals surface area contributed by atoms with E-state index in [1.54, 1.807) is 6.20 Å². The molecule has 0 radical (unpaired) electrons. The first-order chi connectivity index (χ1) is 13.0. The minimum absolute atomic E-state index is 0.0561. The predicted molar refractivity (Wildman–Crippen MR) is 96.2 cm³/mol. The molecule has 27 heavy (non-hydrogen) atoms. The molecule has 1 aromatic carbocycles. The fourth-order valence-electron chi connectivity index (χ4n) is 3.32. The van der Waals surface area contributed by atoms with Crippen LogP contribution in [-0.2, 0) is 10.2 Å². The van der Waals surface area contributed by atoms with Gasteiger partial charge in [0.05, 0.1) is 17.3 Å². The Balaban J connectivity index is 1.40. The second-order valence-electron chi connectivity index (χ2n) is 7.02. The van der Waals surface area contributed by atoms with Gasteiger partial charge in [0, 0.05) is 32.0 Å². The standard InChI is InChI=1S/C19H18ClF2N3O2/c20-17-18(23-10-16(24-17)19(11-26)5-6-19)25-7-3-13(4-8-25)27-15-2-1-12(21)9-14(15)22/h1-2,9-11,13H,3-8H2. The van der Waals surface area contributed by atoms with Gasteiger partial charge in [-0.05, 0) is 25.0 Å². The van der Waals surface area contributed by atoms with Gasteiger partial charge in [-0.2, -0.15) is 0 Å². The van der Waals surface area contributed by atoms with Crippen molar-refractivity contribution in [2.75, 3.05) is 18.0 Å². The number of rotatable bonds is 5. The van der Waals surface area contributed by atoms with Crippen LogP contribution < -0.4 is 9.64 Å². The maximum atomic E-state index is 13.7. The molecule has 5 nitrogen and oxygen atoms in total. The van der Waals surface area contributed by atoms with Crippen molar-refractivity contribution in [2.24, 2.45) is 0 Å². The average Bonchev–Trinajstić information content (AvgIpc) is 3.46. The van der Waals surface area contributed by atoms with Gasteiger partial charge >= 0.3 is 0 Å². The summed E-state index contributed by atoms with van der Waals surface area (Å²) in [6, 6.07) is 3.29. The second-order valence-corrected chi connectivity index (χ2v) is 7.38. The molecule has 0 N–H and O–H groups in total. The van der Waals surface area contributed by atoms with Crippen molar-refractivity contribution in [1.82, 2.24) is 9.97 Å². The molecule has 0 amide bonds. The molecule has 0 spiro atoms. The minimum atomic E-state index is -0.703. The molecule has 1 aliphatic carbocycles. The van der Waals surface area contributed by atoms with E-state index in [-0.39, 0.29) is 17.0 Å². The predicted octanol–water partition coefficient (Wildman–Crippen LogP) is 3.69. The molecule has 2 aliphatic rings. The maximum absolute atomic E-state index is 13.7. The lowest BCUT2D eigenvalue weighted by Gasteiger charge is -2.33. The molecule has 4 rings (SSSR count). The molecule has 0 bridgehead atoms. The smallest absolute Gasteiger partial charge is 0.171 e. The maximum Gasteiger partial charge on any atom is 0.171 e. The van der Waals surface area contributed by atoms with E-state index in [0.29, 0.717) is 37.4 Å². The molecule has 8 heteroatoms. The number of hydrogen-bond acceptors (Lipinski definition) is 5. The SMILES string of the molecule is O=CC1(c2cnc(N3CCC(Oc4ccc(F)cc4F)CC3)c(Cl)n2)CC1. The molecule has 1 aliphatic heterocycles. The van der Waals surface area contributed by atoms with Crippen molar-refractivity contribution in [1.29, 1.82) is 0 Å². The highest BCUT2D eigenvalue weighted by Gasteiger charge is 2.46. The summed E-state index contributed by atoms with van der Waals surface area (Å²) in [5.74, 6) is -0.700. The van der Waals surface area contributed by atoms with E-state index in [0.717, 1.165) is 25.2 Å². The lowest BCUT2D eigenvalue weighted by Crippen LogP contribution is -2.39. The van der Waals surface area contributed by atoms with Gasteiger partial charge in [-0.15, -0.1) is 0 Å². The molecule has 2 aromatic rings. The van der Waals surface area contributed by atoms with Gasteiger partial charge in [-0.1, -0.05) is 11.6 Å². The number of ether oxygens (including phenoxy) is 1. The van der Waals surface area contributed by atoms with Gasteiger partial charge in [0.15, 0.2) is 22.5 Å². The number of piperidine rings is 1. The van der Waals surface area contributed by atoms with Gasteiger partial charge in [-0.3, -0.25) is 0 Å². The van der Waals surface area contributed by atoms with Crippen LogP contribution in [0.25, 0.3) is 0 Å². The lowest BCUT2D eigenvalue weighted by molar-refractivity contribution is -0.110. The van der Waals surface area contributed by atoms with Gasteiger partial charge in [0.25, 0.3) is 0 Å². The normalized spacial score (nSPS) is 19.0. The number of halogens is 3. The van der Waals surface area contributed by atoms with Crippen LogP contribution >= 0.6 is 11.6 Å². The summed E-state index contributed by atoms with van der Waals surface area (Å²) in [6.45, 7) is 1.25. The highest BCUT2D eigenvalue weighted by molar-refractivity contribution is 6.31. The zero-order chi connectivity index (χ0) is 19.0. The summed E-state index contributed by atoms with van der Waals surface area (Å²) in [4.78, 5) is 22.0. The van der Waals surface area contributed by atoms with Crippen LogP contribution in [0.5, 0.6) is 5.75 Å². The number of benzene rings is 1. The van der Waals surface area contributed by atoms with Crippen LogP contribution in [-0.4, -0.2) is 35.4 Å². The van der Waals surface area contributed by atoms with Gasteiger partial charge in [-0.25, -0.2) is 18.7 Å². The largest absolute Gasteiger partial charge is 0.487 e. The second kappa shape index (κ2) is 7.03. The molecule has 1 aromatic heterocycles. The summed E-state index contributed by atoms with van der Waals surface area (Å²) in [5, 5.41) is 0.282. The molecule has 2 fully saturated rings. The molecule has 1 saturated carbocycles. The number of hydrogen-bond donors (Lipinski definition) is 0. The number of aromatic nitrogens is 2. The van der Waals surface area contributed by atoms with E-state index >= 15 is 0 Å². The summed E-state index contributed by atoms with van der Waals surface area (Å²) in [5.41, 5.74) is 0.117. The minimum Gasteiger partial charge on any atom is -0.487 e. The van der Waals surface area contributed by atoms with E-state index in [9.17, 15) is 13.6 Å². The Kier molecular flexibility index (Phi) is 4.72. The quantitative estimate of drug-likeness (QED) is 0.725. The molecule has 142 valence electrons. The Hall–Kier alpha value is -2.28. The number of carbonyl (C=O) groups excluding carboxylic acids is 1. The Bertz CT molecular complexity index is 868. The number of carbonyl (C=O) groups is 1. The third-order valence-electron chi connectivity index (χ3n) is 5.17. The van der Waals surface area contributed by atoms with Crippen LogP contribution in [0.15, 0.2) is 24.4 Å².